The first kappa shape index (κ1) is 16.0. The summed E-state index contributed by atoms with van der Waals surface area (Å²) in [5.41, 5.74) is -1.33. The van der Waals surface area contributed by atoms with Gasteiger partial charge in [0, 0.05) is 12.3 Å². The van der Waals surface area contributed by atoms with E-state index < -0.39 is 11.2 Å². The summed E-state index contributed by atoms with van der Waals surface area (Å²) in [5, 5.41) is 20.8. The fourth-order valence-corrected chi connectivity index (χ4v) is 4.46. The molecule has 0 aliphatic heterocycles. The lowest BCUT2D eigenvalue weighted by molar-refractivity contribution is -0.140. The minimum absolute atomic E-state index is 0.0991. The topological polar surface area (TPSA) is 57.5 Å². The monoisotopic (exact) mass is 282 g/mol. The lowest BCUT2D eigenvalue weighted by Gasteiger charge is -2.40. The third-order valence-electron chi connectivity index (χ3n) is 5.54. The van der Waals surface area contributed by atoms with Crippen LogP contribution in [0.1, 0.15) is 72.1 Å². The third kappa shape index (κ3) is 3.25. The lowest BCUT2D eigenvalue weighted by Crippen LogP contribution is -2.47. The summed E-state index contributed by atoms with van der Waals surface area (Å²) < 4.78 is 0. The first-order valence-corrected chi connectivity index (χ1v) is 8.21. The highest BCUT2D eigenvalue weighted by atomic mass is 16.3. The maximum atomic E-state index is 12.0. The van der Waals surface area contributed by atoms with Crippen molar-refractivity contribution < 1.29 is 15.0 Å². The van der Waals surface area contributed by atoms with Gasteiger partial charge in [-0.2, -0.15) is 0 Å². The van der Waals surface area contributed by atoms with Gasteiger partial charge in [0.05, 0.1) is 11.2 Å². The van der Waals surface area contributed by atoms with Crippen molar-refractivity contribution in [2.45, 2.75) is 83.3 Å². The van der Waals surface area contributed by atoms with Gasteiger partial charge in [-0.05, 0) is 57.8 Å². The van der Waals surface area contributed by atoms with Crippen molar-refractivity contribution in [1.82, 2.24) is 0 Å². The SMILES string of the molecule is C[C@@H](CCCC(C)(C)O)C1CC[C@H]2C(=O)CCC[C@]12O. The number of hydrogen-bond donors (Lipinski definition) is 2. The molecule has 0 heterocycles. The Morgan fingerprint density at radius 1 is 1.40 bits per heavy atom. The fraction of sp³-hybridized carbons (Fsp3) is 0.941. The molecule has 0 spiro atoms. The second-order valence-electron chi connectivity index (χ2n) is 7.73. The predicted molar refractivity (Wildman–Crippen MR) is 79.3 cm³/mol. The number of carbonyl (C=O) groups is 1. The summed E-state index contributed by atoms with van der Waals surface area (Å²) in [6, 6.07) is 0. The van der Waals surface area contributed by atoms with Gasteiger partial charge in [0.2, 0.25) is 0 Å². The standard InChI is InChI=1S/C17H30O3/c1-12(6-4-10-16(2,3)19)13-8-9-14-15(18)7-5-11-17(13,14)20/h12-14,19-20H,4-11H2,1-3H3/t12-,13?,14-,17-/m0/s1. The molecule has 1 unspecified atom stereocenters. The van der Waals surface area contributed by atoms with Gasteiger partial charge >= 0.3 is 0 Å². The summed E-state index contributed by atoms with van der Waals surface area (Å²) in [6.07, 6.45) is 6.96. The molecule has 4 atom stereocenters. The molecule has 0 aromatic heterocycles. The largest absolute Gasteiger partial charge is 0.390 e. The molecule has 20 heavy (non-hydrogen) atoms. The Hall–Kier alpha value is -0.410. The quantitative estimate of drug-likeness (QED) is 0.814. The molecule has 2 N–H and O–H groups in total. The van der Waals surface area contributed by atoms with E-state index in [0.29, 0.717) is 12.3 Å². The average molecular weight is 282 g/mol. The van der Waals surface area contributed by atoms with Crippen molar-refractivity contribution in [3.63, 3.8) is 0 Å². The van der Waals surface area contributed by atoms with Crippen molar-refractivity contribution >= 4 is 5.78 Å². The number of ketones is 1. The summed E-state index contributed by atoms with van der Waals surface area (Å²) in [7, 11) is 0. The molecule has 0 bridgehead atoms. The third-order valence-corrected chi connectivity index (χ3v) is 5.54. The highest BCUT2D eigenvalue weighted by Gasteiger charge is 2.54. The van der Waals surface area contributed by atoms with Crippen LogP contribution in [0.3, 0.4) is 0 Å². The minimum Gasteiger partial charge on any atom is -0.390 e. The first-order chi connectivity index (χ1) is 9.24. The first-order valence-electron chi connectivity index (χ1n) is 8.21. The molecule has 2 rings (SSSR count). The highest BCUT2D eigenvalue weighted by Crippen LogP contribution is 2.51. The van der Waals surface area contributed by atoms with E-state index in [1.807, 2.05) is 13.8 Å². The second kappa shape index (κ2) is 5.76. The van der Waals surface area contributed by atoms with Crippen molar-refractivity contribution in [2.75, 3.05) is 0 Å². The predicted octanol–water partition coefficient (Wildman–Crippen LogP) is 3.07. The van der Waals surface area contributed by atoms with Crippen LogP contribution in [0.15, 0.2) is 0 Å². The minimum atomic E-state index is -0.733. The molecule has 0 amide bonds. The van der Waals surface area contributed by atoms with Crippen molar-refractivity contribution in [2.24, 2.45) is 17.8 Å². The molecule has 0 radical (unpaired) electrons. The zero-order valence-corrected chi connectivity index (χ0v) is 13.2. The molecular formula is C17H30O3. The normalized spacial score (nSPS) is 36.0. The van der Waals surface area contributed by atoms with Crippen molar-refractivity contribution in [3.05, 3.63) is 0 Å². The summed E-state index contributed by atoms with van der Waals surface area (Å²) in [4.78, 5) is 12.0. The molecule has 2 aliphatic rings. The lowest BCUT2D eigenvalue weighted by atomic mass is 9.69. The Balaban J connectivity index is 1.93. The molecule has 0 aromatic carbocycles. The van der Waals surface area contributed by atoms with Gasteiger partial charge in [-0.1, -0.05) is 19.8 Å². The van der Waals surface area contributed by atoms with Gasteiger partial charge in [-0.15, -0.1) is 0 Å². The van der Waals surface area contributed by atoms with E-state index in [4.69, 9.17) is 0 Å². The zero-order chi connectivity index (χ0) is 15.0. The van der Waals surface area contributed by atoms with Gasteiger partial charge in [0.15, 0.2) is 0 Å². The summed E-state index contributed by atoms with van der Waals surface area (Å²) in [5.74, 6) is 0.875. The summed E-state index contributed by atoms with van der Waals surface area (Å²) >= 11 is 0. The van der Waals surface area contributed by atoms with Gasteiger partial charge in [0.1, 0.15) is 5.78 Å². The van der Waals surface area contributed by atoms with Crippen molar-refractivity contribution in [1.29, 1.82) is 0 Å². The number of Topliss-reactive ketones (excluding diaryl/α,β-unsaturated/α-hetero) is 1. The van der Waals surface area contributed by atoms with E-state index in [2.05, 4.69) is 6.92 Å². The Morgan fingerprint density at radius 3 is 2.75 bits per heavy atom. The number of rotatable bonds is 5. The second-order valence-corrected chi connectivity index (χ2v) is 7.73. The van der Waals surface area contributed by atoms with Crippen LogP contribution in [0.4, 0.5) is 0 Å². The van der Waals surface area contributed by atoms with Gasteiger partial charge in [-0.25, -0.2) is 0 Å². The van der Waals surface area contributed by atoms with Gasteiger partial charge in [-0.3, -0.25) is 4.79 Å². The molecular weight excluding hydrogens is 252 g/mol. The van der Waals surface area contributed by atoms with Crippen LogP contribution in [0.25, 0.3) is 0 Å². The van der Waals surface area contributed by atoms with E-state index in [9.17, 15) is 15.0 Å². The van der Waals surface area contributed by atoms with Crippen LogP contribution in [-0.2, 0) is 4.79 Å². The molecule has 3 nitrogen and oxygen atoms in total. The van der Waals surface area contributed by atoms with E-state index in [1.54, 1.807) is 0 Å². The van der Waals surface area contributed by atoms with E-state index >= 15 is 0 Å². The number of aliphatic hydroxyl groups is 2. The van der Waals surface area contributed by atoms with Gasteiger partial charge in [0.25, 0.3) is 0 Å². The molecule has 116 valence electrons. The van der Waals surface area contributed by atoms with Crippen molar-refractivity contribution in [3.8, 4) is 0 Å². The summed E-state index contributed by atoms with van der Waals surface area (Å²) in [6.45, 7) is 5.89. The van der Waals surface area contributed by atoms with E-state index in [1.165, 1.54) is 0 Å². The molecule has 2 aliphatic carbocycles. The maximum Gasteiger partial charge on any atom is 0.138 e. The Kier molecular flexibility index (Phi) is 4.60. The van der Waals surface area contributed by atoms with Crippen LogP contribution < -0.4 is 0 Å². The van der Waals surface area contributed by atoms with Crippen LogP contribution >= 0.6 is 0 Å². The zero-order valence-electron chi connectivity index (χ0n) is 13.2. The van der Waals surface area contributed by atoms with E-state index in [-0.39, 0.29) is 17.6 Å². The average Bonchev–Trinajstić information content (AvgIpc) is 2.66. The van der Waals surface area contributed by atoms with Crippen LogP contribution in [0, 0.1) is 17.8 Å². The van der Waals surface area contributed by atoms with E-state index in [0.717, 1.165) is 44.9 Å². The Labute approximate surface area is 122 Å². The maximum absolute atomic E-state index is 12.0. The number of carbonyl (C=O) groups excluding carboxylic acids is 1. The van der Waals surface area contributed by atoms with Crippen LogP contribution in [-0.4, -0.2) is 27.2 Å². The van der Waals surface area contributed by atoms with Crippen LogP contribution in [0.2, 0.25) is 0 Å². The van der Waals surface area contributed by atoms with Crippen LogP contribution in [0.5, 0.6) is 0 Å². The Morgan fingerprint density at radius 2 is 2.10 bits per heavy atom. The molecule has 0 saturated heterocycles. The number of fused-ring (bicyclic) bond motifs is 1. The molecule has 3 heteroatoms. The number of hydrogen-bond acceptors (Lipinski definition) is 3. The smallest absolute Gasteiger partial charge is 0.138 e. The van der Waals surface area contributed by atoms with Gasteiger partial charge < -0.3 is 10.2 Å². The molecule has 2 fully saturated rings. The molecule has 0 aromatic rings. The highest BCUT2D eigenvalue weighted by molar-refractivity contribution is 5.83. The fourth-order valence-electron chi connectivity index (χ4n) is 4.46. The Bertz CT molecular complexity index is 358. The molecule has 2 saturated carbocycles.